The van der Waals surface area contributed by atoms with E-state index in [9.17, 15) is 9.18 Å². The van der Waals surface area contributed by atoms with E-state index < -0.39 is 0 Å². The number of amides is 1. The van der Waals surface area contributed by atoms with Gasteiger partial charge in [0, 0.05) is 16.9 Å². The van der Waals surface area contributed by atoms with Crippen molar-refractivity contribution in [3.63, 3.8) is 0 Å². The number of carbonyl (C=O) groups excluding carboxylic acids is 1. The fraction of sp³-hybridized carbons (Fsp3) is 0.474. The van der Waals surface area contributed by atoms with Gasteiger partial charge in [-0.1, -0.05) is 24.4 Å². The lowest BCUT2D eigenvalue weighted by Crippen LogP contribution is -2.48. The van der Waals surface area contributed by atoms with Crippen LogP contribution in [-0.2, 0) is 4.79 Å². The minimum absolute atomic E-state index is 0.0817. The van der Waals surface area contributed by atoms with Gasteiger partial charge in [-0.05, 0) is 68.7 Å². The maximum atomic E-state index is 13.1. The highest BCUT2D eigenvalue weighted by molar-refractivity contribution is 7.80. The van der Waals surface area contributed by atoms with E-state index >= 15 is 0 Å². The number of carbonyl (C=O) groups is 1. The van der Waals surface area contributed by atoms with Crippen LogP contribution in [0.5, 0.6) is 0 Å². The number of nitrogens with zero attached hydrogens (tertiary/aromatic N) is 1. The number of nitrogens with two attached hydrogens (primary N) is 1. The third-order valence-electron chi connectivity index (χ3n) is 5.47. The molecule has 0 saturated carbocycles. The monoisotopic (exact) mass is 346 g/mol. The summed E-state index contributed by atoms with van der Waals surface area (Å²) in [4.78, 5) is 15.5. The van der Waals surface area contributed by atoms with Gasteiger partial charge in [-0.15, -0.1) is 0 Å². The van der Waals surface area contributed by atoms with Gasteiger partial charge < -0.3 is 10.6 Å². The summed E-state index contributed by atoms with van der Waals surface area (Å²) in [5.74, 6) is 0.0886. The van der Waals surface area contributed by atoms with Gasteiger partial charge in [0.25, 0.3) is 5.91 Å². The number of piperidine rings is 1. The van der Waals surface area contributed by atoms with Gasteiger partial charge in [0.15, 0.2) is 0 Å². The predicted octanol–water partition coefficient (Wildman–Crippen LogP) is 3.69. The van der Waals surface area contributed by atoms with Gasteiger partial charge in [-0.3, -0.25) is 4.79 Å². The zero-order valence-electron chi connectivity index (χ0n) is 14.1. The lowest BCUT2D eigenvalue weighted by molar-refractivity contribution is -0.131. The second-order valence-corrected chi connectivity index (χ2v) is 7.52. The molecule has 2 bridgehead atoms. The van der Waals surface area contributed by atoms with Crippen LogP contribution in [-0.4, -0.2) is 27.8 Å². The van der Waals surface area contributed by atoms with Crippen molar-refractivity contribution >= 4 is 23.0 Å². The van der Waals surface area contributed by atoms with Crippen LogP contribution in [0.4, 0.5) is 4.39 Å². The van der Waals surface area contributed by atoms with Gasteiger partial charge in [-0.2, -0.15) is 0 Å². The van der Waals surface area contributed by atoms with Crippen LogP contribution in [0.15, 0.2) is 35.5 Å². The molecule has 3 rings (SSSR count). The molecule has 0 aliphatic carbocycles. The Labute approximate surface area is 147 Å². The van der Waals surface area contributed by atoms with Crippen LogP contribution >= 0.6 is 12.2 Å². The largest absolute Gasteiger partial charge is 0.394 e. The summed E-state index contributed by atoms with van der Waals surface area (Å²) in [6.45, 7) is 3.60. The lowest BCUT2D eigenvalue weighted by Gasteiger charge is -2.39. The van der Waals surface area contributed by atoms with E-state index in [0.717, 1.165) is 31.2 Å². The molecule has 2 N–H and O–H groups in total. The zero-order valence-corrected chi connectivity index (χ0v) is 14.9. The molecule has 24 heavy (non-hydrogen) atoms. The molecule has 128 valence electrons. The van der Waals surface area contributed by atoms with Crippen LogP contribution in [0.3, 0.4) is 0 Å². The number of thiocarbonyl (C=S) groups is 1. The molecule has 3 nitrogen and oxygen atoms in total. The number of fused-ring (bicyclic) bond motifs is 2. The van der Waals surface area contributed by atoms with E-state index in [2.05, 4.69) is 0 Å². The first-order chi connectivity index (χ1) is 11.4. The van der Waals surface area contributed by atoms with E-state index in [-0.39, 0.29) is 29.5 Å². The number of hydrogen-bond acceptors (Lipinski definition) is 3. The molecule has 1 amide bonds. The molecule has 2 aliphatic heterocycles. The van der Waals surface area contributed by atoms with Crippen molar-refractivity contribution in [3.05, 3.63) is 46.9 Å². The Morgan fingerprint density at radius 3 is 2.21 bits per heavy atom. The minimum Gasteiger partial charge on any atom is -0.394 e. The standard InChI is InChI=1S/C19H23FN2OS/c1-11(12(2)24)18(21)19(23)22-16-7-8-17(22)10-14(9-16)13-3-5-15(20)6-4-13/h3-6,14,16-17H,7-10,21H2,1-2H3/t14?,16-,17+. The van der Waals surface area contributed by atoms with Crippen LogP contribution in [0, 0.1) is 5.82 Å². The summed E-state index contributed by atoms with van der Waals surface area (Å²) in [5.41, 5.74) is 8.21. The minimum atomic E-state index is -0.210. The highest BCUT2D eigenvalue weighted by atomic mass is 32.1. The molecule has 2 heterocycles. The summed E-state index contributed by atoms with van der Waals surface area (Å²) in [6, 6.07) is 7.18. The fourth-order valence-electron chi connectivity index (χ4n) is 4.00. The first-order valence-corrected chi connectivity index (χ1v) is 8.84. The smallest absolute Gasteiger partial charge is 0.270 e. The van der Waals surface area contributed by atoms with E-state index in [1.54, 1.807) is 6.92 Å². The Hall–Kier alpha value is -1.75. The molecule has 1 aromatic carbocycles. The maximum absolute atomic E-state index is 13.1. The van der Waals surface area contributed by atoms with Gasteiger partial charge in [0.05, 0.1) is 0 Å². The number of allylic oxidation sites excluding steroid dienone is 1. The van der Waals surface area contributed by atoms with E-state index in [4.69, 9.17) is 18.0 Å². The quantitative estimate of drug-likeness (QED) is 0.671. The summed E-state index contributed by atoms with van der Waals surface area (Å²) in [7, 11) is 0. The Morgan fingerprint density at radius 1 is 1.17 bits per heavy atom. The normalized spacial score (nSPS) is 27.0. The predicted molar refractivity (Wildman–Crippen MR) is 97.2 cm³/mol. The highest BCUT2D eigenvalue weighted by Crippen LogP contribution is 2.43. The first-order valence-electron chi connectivity index (χ1n) is 8.44. The zero-order chi connectivity index (χ0) is 17.4. The topological polar surface area (TPSA) is 46.3 Å². The first kappa shape index (κ1) is 17.1. The van der Waals surface area contributed by atoms with Crippen LogP contribution in [0.25, 0.3) is 0 Å². The Balaban J connectivity index is 1.79. The average molecular weight is 346 g/mol. The molecule has 5 heteroatoms. The molecule has 2 saturated heterocycles. The van der Waals surface area contributed by atoms with Crippen LogP contribution in [0.2, 0.25) is 0 Å². The molecule has 1 unspecified atom stereocenters. The summed E-state index contributed by atoms with van der Waals surface area (Å²) in [5, 5.41) is 0. The molecule has 3 atom stereocenters. The van der Waals surface area contributed by atoms with Crippen molar-refractivity contribution in [3.8, 4) is 0 Å². The van der Waals surface area contributed by atoms with Gasteiger partial charge in [0.1, 0.15) is 11.5 Å². The Morgan fingerprint density at radius 2 is 1.71 bits per heavy atom. The number of benzene rings is 1. The SMILES string of the molecule is CC(=S)C(C)=C(N)C(=O)N1[C@@H]2CC[C@H]1CC(c1ccc(F)cc1)C2. The third-order valence-corrected chi connectivity index (χ3v) is 5.78. The highest BCUT2D eigenvalue weighted by Gasteiger charge is 2.44. The van der Waals surface area contributed by atoms with Gasteiger partial charge >= 0.3 is 0 Å². The van der Waals surface area contributed by atoms with Gasteiger partial charge in [0.2, 0.25) is 0 Å². The summed E-state index contributed by atoms with van der Waals surface area (Å²) >= 11 is 5.14. The molecular formula is C19H23FN2OS. The fourth-order valence-corrected chi connectivity index (χ4v) is 4.11. The average Bonchev–Trinajstić information content (AvgIpc) is 2.83. The molecule has 1 aromatic rings. The maximum Gasteiger partial charge on any atom is 0.270 e. The van der Waals surface area contributed by atoms with Crippen molar-refractivity contribution < 1.29 is 9.18 Å². The van der Waals surface area contributed by atoms with Crippen LogP contribution < -0.4 is 5.73 Å². The third kappa shape index (κ3) is 3.09. The molecule has 0 aromatic heterocycles. The summed E-state index contributed by atoms with van der Waals surface area (Å²) in [6.07, 6.45) is 3.85. The van der Waals surface area contributed by atoms with E-state index in [1.807, 2.05) is 24.0 Å². The van der Waals surface area contributed by atoms with Crippen molar-refractivity contribution in [1.29, 1.82) is 0 Å². The lowest BCUT2D eigenvalue weighted by atomic mass is 9.85. The van der Waals surface area contributed by atoms with Crippen LogP contribution in [0.1, 0.15) is 51.0 Å². The second kappa shape index (κ2) is 6.63. The Bertz CT molecular complexity index is 684. The van der Waals surface area contributed by atoms with E-state index in [0.29, 0.717) is 16.4 Å². The number of hydrogen-bond donors (Lipinski definition) is 1. The molecule has 2 fully saturated rings. The summed E-state index contributed by atoms with van der Waals surface area (Å²) < 4.78 is 13.1. The molecule has 2 aliphatic rings. The molecule has 0 spiro atoms. The molecular weight excluding hydrogens is 323 g/mol. The van der Waals surface area contributed by atoms with Crippen molar-refractivity contribution in [2.24, 2.45) is 5.73 Å². The van der Waals surface area contributed by atoms with Crippen molar-refractivity contribution in [1.82, 2.24) is 4.90 Å². The number of halogens is 1. The van der Waals surface area contributed by atoms with Gasteiger partial charge in [-0.25, -0.2) is 4.39 Å². The Kier molecular flexibility index (Phi) is 4.72. The van der Waals surface area contributed by atoms with Crippen molar-refractivity contribution in [2.45, 2.75) is 57.5 Å². The second-order valence-electron chi connectivity index (χ2n) is 6.91. The van der Waals surface area contributed by atoms with E-state index in [1.165, 1.54) is 12.1 Å². The number of rotatable bonds is 3. The molecule has 0 radical (unpaired) electrons. The van der Waals surface area contributed by atoms with Crippen molar-refractivity contribution in [2.75, 3.05) is 0 Å².